The number of aliphatic imine (C=N–C) groups is 1. The van der Waals surface area contributed by atoms with Crippen LogP contribution in [0, 0.1) is 5.92 Å². The molecular formula is C9H14N3OS. The van der Waals surface area contributed by atoms with Crippen molar-refractivity contribution in [3.63, 3.8) is 0 Å². The van der Waals surface area contributed by atoms with Crippen LogP contribution < -0.4 is 10.9 Å². The van der Waals surface area contributed by atoms with E-state index in [0.29, 0.717) is 10.5 Å². The van der Waals surface area contributed by atoms with Crippen LogP contribution in [0.25, 0.3) is 0 Å². The van der Waals surface area contributed by atoms with Crippen molar-refractivity contribution < 1.29 is 4.79 Å². The maximum absolute atomic E-state index is 11.3. The lowest BCUT2D eigenvalue weighted by molar-refractivity contribution is -0.118. The third-order valence-corrected chi connectivity index (χ3v) is 3.25. The van der Waals surface area contributed by atoms with Crippen LogP contribution in [0.5, 0.6) is 0 Å². The fraction of sp³-hybridized carbons (Fsp3) is 0.778. The Labute approximate surface area is 87.9 Å². The van der Waals surface area contributed by atoms with Crippen LogP contribution in [0.1, 0.15) is 32.6 Å². The summed E-state index contributed by atoms with van der Waals surface area (Å²) in [6, 6.07) is 0. The van der Waals surface area contributed by atoms with Crippen LogP contribution in [-0.2, 0) is 4.79 Å². The van der Waals surface area contributed by atoms with Gasteiger partial charge in [-0.25, -0.2) is 0 Å². The number of carbonyl (C=O) groups is 1. The third kappa shape index (κ3) is 2.48. The zero-order valence-electron chi connectivity index (χ0n) is 8.19. The van der Waals surface area contributed by atoms with Gasteiger partial charge in [0, 0.05) is 5.92 Å². The van der Waals surface area contributed by atoms with Gasteiger partial charge in [-0.3, -0.25) is 4.79 Å². The Morgan fingerprint density at radius 2 is 2.50 bits per heavy atom. The molecule has 0 aromatic rings. The standard InChI is InChI=1S/C9H14N3OS/c1-2-3-7-11-12-9(14-7)10-8(13)6-4-5-6/h6-7,11H,2-5H2,1H3. The van der Waals surface area contributed by atoms with Gasteiger partial charge in [0.05, 0.1) is 5.37 Å². The predicted octanol–water partition coefficient (Wildman–Crippen LogP) is 1.26. The molecule has 1 saturated heterocycles. The Bertz CT molecular complexity index is 263. The lowest BCUT2D eigenvalue weighted by Crippen LogP contribution is -2.25. The van der Waals surface area contributed by atoms with Gasteiger partial charge in [-0.2, -0.15) is 15.8 Å². The minimum Gasteiger partial charge on any atom is -0.272 e. The maximum Gasteiger partial charge on any atom is 0.251 e. The maximum atomic E-state index is 11.3. The quantitative estimate of drug-likeness (QED) is 0.766. The number of hydrogen-bond acceptors (Lipinski definition) is 3. The molecule has 1 radical (unpaired) electrons. The molecule has 2 rings (SSSR count). The molecule has 2 fully saturated rings. The number of amidine groups is 1. The molecule has 1 amide bonds. The van der Waals surface area contributed by atoms with Crippen molar-refractivity contribution in [1.82, 2.24) is 10.9 Å². The lowest BCUT2D eigenvalue weighted by atomic mass is 10.3. The molecule has 5 heteroatoms. The minimum absolute atomic E-state index is 0.00944. The van der Waals surface area contributed by atoms with Gasteiger partial charge in [0.1, 0.15) is 0 Å². The number of carbonyl (C=O) groups excluding carboxylic acids is 1. The van der Waals surface area contributed by atoms with Crippen molar-refractivity contribution in [3.05, 3.63) is 0 Å². The van der Waals surface area contributed by atoms with E-state index in [1.807, 2.05) is 0 Å². The van der Waals surface area contributed by atoms with E-state index in [9.17, 15) is 4.79 Å². The Hall–Kier alpha value is -0.550. The van der Waals surface area contributed by atoms with Crippen LogP contribution in [0.2, 0.25) is 0 Å². The first-order valence-corrected chi connectivity index (χ1v) is 5.93. The van der Waals surface area contributed by atoms with Gasteiger partial charge in [-0.05, 0) is 19.3 Å². The molecule has 1 heterocycles. The normalized spacial score (nSPS) is 29.2. The lowest BCUT2D eigenvalue weighted by Gasteiger charge is -2.01. The molecule has 1 saturated carbocycles. The molecule has 0 spiro atoms. The molecule has 1 aliphatic heterocycles. The van der Waals surface area contributed by atoms with Gasteiger partial charge in [0.25, 0.3) is 5.91 Å². The van der Waals surface area contributed by atoms with Gasteiger partial charge in [-0.1, -0.05) is 25.1 Å². The second-order valence-electron chi connectivity index (χ2n) is 3.64. The van der Waals surface area contributed by atoms with E-state index in [0.717, 1.165) is 25.7 Å². The molecule has 0 bridgehead atoms. The summed E-state index contributed by atoms with van der Waals surface area (Å²) in [6.07, 6.45) is 4.19. The molecule has 1 atom stereocenters. The first-order valence-electron chi connectivity index (χ1n) is 5.05. The summed E-state index contributed by atoms with van der Waals surface area (Å²) < 4.78 is 0. The summed E-state index contributed by atoms with van der Waals surface area (Å²) in [6.45, 7) is 2.13. The van der Waals surface area contributed by atoms with Gasteiger partial charge in [-0.15, -0.1) is 0 Å². The first-order chi connectivity index (χ1) is 6.79. The summed E-state index contributed by atoms with van der Waals surface area (Å²) in [7, 11) is 0. The smallest absolute Gasteiger partial charge is 0.251 e. The Morgan fingerprint density at radius 1 is 1.71 bits per heavy atom. The second kappa shape index (κ2) is 4.31. The number of amides is 1. The average Bonchev–Trinajstić information content (AvgIpc) is 2.92. The average molecular weight is 212 g/mol. The summed E-state index contributed by atoms with van der Waals surface area (Å²) >= 11 is 1.56. The Kier molecular flexibility index (Phi) is 3.08. The van der Waals surface area contributed by atoms with Crippen molar-refractivity contribution in [3.8, 4) is 0 Å². The SMILES string of the molecule is CCCC1N[N]C(=NC(=O)C2CC2)S1. The van der Waals surface area contributed by atoms with Crippen molar-refractivity contribution in [2.24, 2.45) is 10.9 Å². The van der Waals surface area contributed by atoms with Gasteiger partial charge >= 0.3 is 0 Å². The van der Waals surface area contributed by atoms with E-state index in [1.54, 1.807) is 11.8 Å². The van der Waals surface area contributed by atoms with E-state index in [2.05, 4.69) is 22.8 Å². The number of nitrogens with zero attached hydrogens (tertiary/aromatic N) is 2. The van der Waals surface area contributed by atoms with Crippen molar-refractivity contribution in [2.75, 3.05) is 0 Å². The first kappa shape index (κ1) is 9.98. The van der Waals surface area contributed by atoms with E-state index < -0.39 is 0 Å². The van der Waals surface area contributed by atoms with E-state index in [1.165, 1.54) is 0 Å². The molecule has 1 aliphatic carbocycles. The monoisotopic (exact) mass is 212 g/mol. The Morgan fingerprint density at radius 3 is 3.14 bits per heavy atom. The fourth-order valence-corrected chi connectivity index (χ4v) is 2.22. The van der Waals surface area contributed by atoms with Gasteiger partial charge < -0.3 is 0 Å². The molecule has 0 aromatic carbocycles. The van der Waals surface area contributed by atoms with E-state index in [-0.39, 0.29) is 11.8 Å². The van der Waals surface area contributed by atoms with Crippen molar-refractivity contribution in [1.29, 1.82) is 0 Å². The molecule has 0 aromatic heterocycles. The van der Waals surface area contributed by atoms with Gasteiger partial charge in [0.15, 0.2) is 0 Å². The molecule has 4 nitrogen and oxygen atoms in total. The van der Waals surface area contributed by atoms with Crippen molar-refractivity contribution in [2.45, 2.75) is 38.0 Å². The fourth-order valence-electron chi connectivity index (χ4n) is 1.26. The molecule has 1 unspecified atom stereocenters. The number of hydrogen-bond donors (Lipinski definition) is 1. The van der Waals surface area contributed by atoms with Crippen LogP contribution in [0.15, 0.2) is 4.99 Å². The second-order valence-corrected chi connectivity index (χ2v) is 4.81. The summed E-state index contributed by atoms with van der Waals surface area (Å²) in [5.74, 6) is 0.207. The highest BCUT2D eigenvalue weighted by molar-refractivity contribution is 8.14. The van der Waals surface area contributed by atoms with Crippen LogP contribution in [0.3, 0.4) is 0 Å². The summed E-state index contributed by atoms with van der Waals surface area (Å²) in [5, 5.41) is 0.922. The third-order valence-electron chi connectivity index (χ3n) is 2.24. The van der Waals surface area contributed by atoms with Crippen LogP contribution in [0.4, 0.5) is 0 Å². The van der Waals surface area contributed by atoms with E-state index in [4.69, 9.17) is 0 Å². The molecule has 1 N–H and O–H groups in total. The van der Waals surface area contributed by atoms with Gasteiger partial charge in [0.2, 0.25) is 5.17 Å². The number of rotatable bonds is 3. The summed E-state index contributed by atoms with van der Waals surface area (Å²) in [4.78, 5) is 15.3. The van der Waals surface area contributed by atoms with E-state index >= 15 is 0 Å². The zero-order valence-corrected chi connectivity index (χ0v) is 9.01. The molecular weight excluding hydrogens is 198 g/mol. The summed E-state index contributed by atoms with van der Waals surface area (Å²) in [5.41, 5.74) is 7.01. The topological polar surface area (TPSA) is 55.6 Å². The molecule has 14 heavy (non-hydrogen) atoms. The zero-order chi connectivity index (χ0) is 9.97. The Balaban J connectivity index is 1.84. The number of thioether (sulfide) groups is 1. The number of nitrogens with one attached hydrogen (secondary N) is 1. The largest absolute Gasteiger partial charge is 0.272 e. The van der Waals surface area contributed by atoms with Crippen LogP contribution >= 0.6 is 11.8 Å². The van der Waals surface area contributed by atoms with Crippen LogP contribution in [-0.4, -0.2) is 16.4 Å². The molecule has 2 aliphatic rings. The van der Waals surface area contributed by atoms with Crippen molar-refractivity contribution >= 4 is 22.8 Å². The highest BCUT2D eigenvalue weighted by atomic mass is 32.2. The molecule has 77 valence electrons. The highest BCUT2D eigenvalue weighted by Gasteiger charge is 2.31. The highest BCUT2D eigenvalue weighted by Crippen LogP contribution is 2.31. The minimum atomic E-state index is 0.00944. The predicted molar refractivity (Wildman–Crippen MR) is 56.7 cm³/mol.